The Bertz CT molecular complexity index is 367. The van der Waals surface area contributed by atoms with Crippen LogP contribution in [0, 0.1) is 0 Å². The fourth-order valence-corrected chi connectivity index (χ4v) is 2.46. The zero-order valence-corrected chi connectivity index (χ0v) is 10.4. The van der Waals surface area contributed by atoms with Crippen LogP contribution in [0.5, 0.6) is 0 Å². The highest BCUT2D eigenvalue weighted by molar-refractivity contribution is 5.59. The van der Waals surface area contributed by atoms with Crippen LogP contribution in [0.15, 0.2) is 6.20 Å². The van der Waals surface area contributed by atoms with Gasteiger partial charge < -0.3 is 16.2 Å². The molecule has 5 heteroatoms. The van der Waals surface area contributed by atoms with Crippen molar-refractivity contribution in [2.24, 2.45) is 7.05 Å². The number of aliphatic hydroxyl groups is 1. The topological polar surface area (TPSA) is 76.1 Å². The van der Waals surface area contributed by atoms with E-state index in [4.69, 9.17) is 5.73 Å². The quantitative estimate of drug-likeness (QED) is 0.697. The van der Waals surface area contributed by atoms with Gasteiger partial charge in [0.1, 0.15) is 0 Å². The Balaban J connectivity index is 1.94. The zero-order chi connectivity index (χ0) is 12.3. The normalized spacial score (nSPS) is 19.9. The third kappa shape index (κ3) is 3.12. The average Bonchev–Trinajstić information content (AvgIpc) is 2.49. The van der Waals surface area contributed by atoms with E-state index in [0.29, 0.717) is 18.1 Å². The van der Waals surface area contributed by atoms with E-state index in [9.17, 15) is 5.11 Å². The summed E-state index contributed by atoms with van der Waals surface area (Å²) < 4.78 is 1.68. The van der Waals surface area contributed by atoms with Gasteiger partial charge in [-0.05, 0) is 12.8 Å². The lowest BCUT2D eigenvalue weighted by Crippen LogP contribution is -2.36. The molecule has 1 fully saturated rings. The Labute approximate surface area is 102 Å². The van der Waals surface area contributed by atoms with Gasteiger partial charge in [0.25, 0.3) is 0 Å². The zero-order valence-electron chi connectivity index (χ0n) is 10.4. The molecule has 0 radical (unpaired) electrons. The van der Waals surface area contributed by atoms with Crippen molar-refractivity contribution < 1.29 is 5.11 Å². The maximum Gasteiger partial charge on any atom is 0.171 e. The lowest BCUT2D eigenvalue weighted by atomic mass is 9.94. The average molecular weight is 238 g/mol. The van der Waals surface area contributed by atoms with E-state index < -0.39 is 5.60 Å². The van der Waals surface area contributed by atoms with Crippen LogP contribution in [-0.2, 0) is 7.05 Å². The first-order valence-electron chi connectivity index (χ1n) is 6.34. The number of aromatic nitrogens is 2. The summed E-state index contributed by atoms with van der Waals surface area (Å²) in [7, 11) is 1.84. The van der Waals surface area contributed by atoms with Crippen LogP contribution in [0.4, 0.5) is 11.5 Å². The molecule has 1 aliphatic rings. The second-order valence-electron chi connectivity index (χ2n) is 5.10. The van der Waals surface area contributed by atoms with Gasteiger partial charge in [-0.25, -0.2) is 0 Å². The maximum atomic E-state index is 10.5. The van der Waals surface area contributed by atoms with Gasteiger partial charge in [-0.2, -0.15) is 5.10 Å². The third-order valence-electron chi connectivity index (χ3n) is 3.48. The standard InChI is InChI=1S/C12H22N4O/c1-16-8-10(13)11(15-16)14-9-12(17)6-4-2-3-5-7-12/h8,17H,2-7,9,13H2,1H3,(H,14,15). The molecule has 17 heavy (non-hydrogen) atoms. The second-order valence-corrected chi connectivity index (χ2v) is 5.10. The molecule has 4 N–H and O–H groups in total. The van der Waals surface area contributed by atoms with E-state index in [1.807, 2.05) is 7.05 Å². The molecule has 0 saturated heterocycles. The fraction of sp³-hybridized carbons (Fsp3) is 0.750. The number of rotatable bonds is 3. The monoisotopic (exact) mass is 238 g/mol. The third-order valence-corrected chi connectivity index (χ3v) is 3.48. The van der Waals surface area contributed by atoms with Crippen LogP contribution in [-0.4, -0.2) is 27.0 Å². The van der Waals surface area contributed by atoms with Crippen molar-refractivity contribution in [3.05, 3.63) is 6.20 Å². The minimum atomic E-state index is -0.597. The molecule has 0 amide bonds. The van der Waals surface area contributed by atoms with Crippen molar-refractivity contribution in [1.29, 1.82) is 0 Å². The van der Waals surface area contributed by atoms with Gasteiger partial charge in [0.2, 0.25) is 0 Å². The number of nitrogens with two attached hydrogens (primary N) is 1. The van der Waals surface area contributed by atoms with Crippen LogP contribution in [0.25, 0.3) is 0 Å². The Morgan fingerprint density at radius 3 is 2.59 bits per heavy atom. The molecule has 0 unspecified atom stereocenters. The largest absolute Gasteiger partial charge is 0.394 e. The van der Waals surface area contributed by atoms with E-state index in [0.717, 1.165) is 25.7 Å². The second kappa shape index (κ2) is 4.96. The summed E-state index contributed by atoms with van der Waals surface area (Å²) in [5.41, 5.74) is 5.84. The molecule has 1 aromatic heterocycles. The van der Waals surface area contributed by atoms with Crippen molar-refractivity contribution in [3.8, 4) is 0 Å². The fourth-order valence-electron chi connectivity index (χ4n) is 2.46. The Morgan fingerprint density at radius 1 is 1.41 bits per heavy atom. The van der Waals surface area contributed by atoms with Gasteiger partial charge in [-0.1, -0.05) is 25.7 Å². The van der Waals surface area contributed by atoms with Crippen LogP contribution in [0.1, 0.15) is 38.5 Å². The Kier molecular flexibility index (Phi) is 3.57. The molecule has 0 aliphatic heterocycles. The number of aryl methyl sites for hydroxylation is 1. The summed E-state index contributed by atoms with van der Waals surface area (Å²) in [5.74, 6) is 0.671. The first-order chi connectivity index (χ1) is 8.09. The molecular weight excluding hydrogens is 216 g/mol. The summed E-state index contributed by atoms with van der Waals surface area (Å²) in [4.78, 5) is 0. The van der Waals surface area contributed by atoms with Crippen LogP contribution in [0.2, 0.25) is 0 Å². The van der Waals surface area contributed by atoms with Crippen LogP contribution < -0.4 is 11.1 Å². The van der Waals surface area contributed by atoms with E-state index in [-0.39, 0.29) is 0 Å². The lowest BCUT2D eigenvalue weighted by Gasteiger charge is -2.26. The highest BCUT2D eigenvalue weighted by Crippen LogP contribution is 2.27. The smallest absolute Gasteiger partial charge is 0.171 e. The van der Waals surface area contributed by atoms with Crippen molar-refractivity contribution in [1.82, 2.24) is 9.78 Å². The van der Waals surface area contributed by atoms with Gasteiger partial charge in [0.05, 0.1) is 11.3 Å². The minimum Gasteiger partial charge on any atom is -0.394 e. The first-order valence-corrected chi connectivity index (χ1v) is 6.34. The van der Waals surface area contributed by atoms with Gasteiger partial charge in [0, 0.05) is 19.8 Å². The van der Waals surface area contributed by atoms with Gasteiger partial charge >= 0.3 is 0 Å². The highest BCUT2D eigenvalue weighted by Gasteiger charge is 2.28. The van der Waals surface area contributed by atoms with E-state index in [2.05, 4.69) is 10.4 Å². The molecule has 1 aliphatic carbocycles. The van der Waals surface area contributed by atoms with Crippen LogP contribution in [0.3, 0.4) is 0 Å². The number of hydrogen-bond donors (Lipinski definition) is 3. The molecule has 96 valence electrons. The summed E-state index contributed by atoms with van der Waals surface area (Å²) in [6.45, 7) is 0.536. The van der Waals surface area contributed by atoms with Crippen molar-refractivity contribution in [2.45, 2.75) is 44.1 Å². The number of nitrogen functional groups attached to an aromatic ring is 1. The predicted molar refractivity (Wildman–Crippen MR) is 68.8 cm³/mol. The van der Waals surface area contributed by atoms with Gasteiger partial charge in [-0.3, -0.25) is 4.68 Å². The van der Waals surface area contributed by atoms with Gasteiger partial charge in [0.15, 0.2) is 5.82 Å². The summed E-state index contributed by atoms with van der Waals surface area (Å²) >= 11 is 0. The summed E-state index contributed by atoms with van der Waals surface area (Å²) in [5, 5.41) is 17.9. The van der Waals surface area contributed by atoms with E-state index in [1.54, 1.807) is 10.9 Å². The van der Waals surface area contributed by atoms with Gasteiger partial charge in [-0.15, -0.1) is 0 Å². The Morgan fingerprint density at radius 2 is 2.06 bits per heavy atom. The maximum absolute atomic E-state index is 10.5. The number of anilines is 2. The van der Waals surface area contributed by atoms with Crippen LogP contribution >= 0.6 is 0 Å². The first kappa shape index (κ1) is 12.2. The van der Waals surface area contributed by atoms with E-state index in [1.165, 1.54) is 12.8 Å². The molecule has 1 saturated carbocycles. The van der Waals surface area contributed by atoms with Crippen molar-refractivity contribution in [3.63, 3.8) is 0 Å². The lowest BCUT2D eigenvalue weighted by molar-refractivity contribution is 0.0380. The molecule has 2 rings (SSSR count). The molecule has 1 heterocycles. The molecule has 0 atom stereocenters. The molecule has 0 bridgehead atoms. The van der Waals surface area contributed by atoms with Crippen molar-refractivity contribution in [2.75, 3.05) is 17.6 Å². The number of nitrogens with zero attached hydrogens (tertiary/aromatic N) is 2. The number of nitrogens with one attached hydrogen (secondary N) is 1. The van der Waals surface area contributed by atoms with Crippen molar-refractivity contribution >= 4 is 11.5 Å². The minimum absolute atomic E-state index is 0.536. The molecular formula is C12H22N4O. The molecule has 1 aromatic rings. The number of hydrogen-bond acceptors (Lipinski definition) is 4. The SMILES string of the molecule is Cn1cc(N)c(NCC2(O)CCCCCC2)n1. The van der Waals surface area contributed by atoms with E-state index >= 15 is 0 Å². The molecule has 5 nitrogen and oxygen atoms in total. The predicted octanol–water partition coefficient (Wildman–Crippen LogP) is 1.50. The summed E-state index contributed by atoms with van der Waals surface area (Å²) in [6.07, 6.45) is 8.17. The highest BCUT2D eigenvalue weighted by atomic mass is 16.3. The molecule has 0 aromatic carbocycles. The molecule has 0 spiro atoms. The Hall–Kier alpha value is -1.23. The summed E-state index contributed by atoms with van der Waals surface area (Å²) in [6, 6.07) is 0.